The van der Waals surface area contributed by atoms with Gasteiger partial charge in [-0.1, -0.05) is 18.2 Å². The Bertz CT molecular complexity index is 933. The molecule has 0 saturated heterocycles. The van der Waals surface area contributed by atoms with Crippen molar-refractivity contribution in [2.75, 3.05) is 24.4 Å². The Morgan fingerprint density at radius 3 is 2.50 bits per heavy atom. The highest BCUT2D eigenvalue weighted by atomic mass is 16.5. The van der Waals surface area contributed by atoms with Gasteiger partial charge in [0.15, 0.2) is 0 Å². The van der Waals surface area contributed by atoms with E-state index < -0.39 is 0 Å². The number of hydrogen-bond acceptors (Lipinski definition) is 5. The molecule has 0 aliphatic carbocycles. The molecule has 26 heavy (non-hydrogen) atoms. The minimum Gasteiger partial charge on any atom is -0.497 e. The van der Waals surface area contributed by atoms with Crippen molar-refractivity contribution < 1.29 is 13.9 Å². The third-order valence-electron chi connectivity index (χ3n) is 4.45. The lowest BCUT2D eigenvalue weighted by Crippen LogP contribution is -2.42. The summed E-state index contributed by atoms with van der Waals surface area (Å²) in [4.78, 5) is 1.92. The predicted molar refractivity (Wildman–Crippen MR) is 100 cm³/mol. The standard InChI is InChI=1S/C20H19N3O3/c1-24-15-8-6-13(7-9-15)19-22-20-17(10-11-26-20)18(21)23(19)14-4-3-5-16(12-14)25-2/h3-12,19,21-22H,1-2H3. The summed E-state index contributed by atoms with van der Waals surface area (Å²) < 4.78 is 16.1. The van der Waals surface area contributed by atoms with E-state index in [1.807, 2.05) is 53.4 Å². The summed E-state index contributed by atoms with van der Waals surface area (Å²) in [5, 5.41) is 12.1. The van der Waals surface area contributed by atoms with Gasteiger partial charge in [0, 0.05) is 11.8 Å². The number of benzene rings is 2. The quantitative estimate of drug-likeness (QED) is 0.737. The SMILES string of the molecule is COc1ccc(C2Nc3occc3C(=N)N2c2cccc(OC)c2)cc1. The fourth-order valence-electron chi connectivity index (χ4n) is 3.11. The van der Waals surface area contributed by atoms with Crippen LogP contribution in [0.5, 0.6) is 11.5 Å². The van der Waals surface area contributed by atoms with Crippen molar-refractivity contribution in [3.05, 3.63) is 72.0 Å². The second kappa shape index (κ2) is 6.48. The van der Waals surface area contributed by atoms with Crippen LogP contribution in [0.3, 0.4) is 0 Å². The Balaban J connectivity index is 1.81. The number of nitrogens with zero attached hydrogens (tertiary/aromatic N) is 1. The molecule has 132 valence electrons. The maximum absolute atomic E-state index is 8.73. The van der Waals surface area contributed by atoms with Crippen molar-refractivity contribution >= 4 is 17.4 Å². The van der Waals surface area contributed by atoms with Crippen molar-refractivity contribution in [1.29, 1.82) is 5.41 Å². The molecule has 0 bridgehead atoms. The minimum absolute atomic E-state index is 0.292. The molecule has 6 nitrogen and oxygen atoms in total. The zero-order valence-corrected chi connectivity index (χ0v) is 14.5. The number of methoxy groups -OCH3 is 2. The Kier molecular flexibility index (Phi) is 4.01. The topological polar surface area (TPSA) is 70.7 Å². The average Bonchev–Trinajstić information content (AvgIpc) is 3.17. The van der Waals surface area contributed by atoms with Gasteiger partial charge >= 0.3 is 0 Å². The van der Waals surface area contributed by atoms with E-state index in [-0.39, 0.29) is 6.17 Å². The third-order valence-corrected chi connectivity index (χ3v) is 4.45. The van der Waals surface area contributed by atoms with Gasteiger partial charge in [-0.15, -0.1) is 0 Å². The first-order valence-corrected chi connectivity index (χ1v) is 8.21. The monoisotopic (exact) mass is 349 g/mol. The molecule has 2 heterocycles. The summed E-state index contributed by atoms with van der Waals surface area (Å²) in [6, 6.07) is 17.2. The van der Waals surface area contributed by atoms with Gasteiger partial charge in [-0.05, 0) is 35.9 Å². The summed E-state index contributed by atoms with van der Waals surface area (Å²) in [7, 11) is 3.27. The van der Waals surface area contributed by atoms with Crippen LogP contribution >= 0.6 is 0 Å². The van der Waals surface area contributed by atoms with Gasteiger partial charge in [0.25, 0.3) is 0 Å². The first-order valence-electron chi connectivity index (χ1n) is 8.21. The fourth-order valence-corrected chi connectivity index (χ4v) is 3.11. The van der Waals surface area contributed by atoms with Gasteiger partial charge in [-0.2, -0.15) is 0 Å². The summed E-state index contributed by atoms with van der Waals surface area (Å²) in [6.07, 6.45) is 1.30. The van der Waals surface area contributed by atoms with Gasteiger partial charge in [0.2, 0.25) is 5.88 Å². The van der Waals surface area contributed by atoms with Crippen molar-refractivity contribution in [2.45, 2.75) is 6.17 Å². The predicted octanol–water partition coefficient (Wildman–Crippen LogP) is 4.25. The number of nitrogens with one attached hydrogen (secondary N) is 2. The highest BCUT2D eigenvalue weighted by Crippen LogP contribution is 2.38. The van der Waals surface area contributed by atoms with Crippen LogP contribution < -0.4 is 19.7 Å². The normalized spacial score (nSPS) is 16.0. The summed E-state index contributed by atoms with van der Waals surface area (Å²) in [5.41, 5.74) is 2.56. The van der Waals surface area contributed by atoms with E-state index in [4.69, 9.17) is 19.3 Å². The first-order chi connectivity index (χ1) is 12.7. The van der Waals surface area contributed by atoms with Gasteiger partial charge in [0.1, 0.15) is 23.5 Å². The molecule has 1 aromatic heterocycles. The van der Waals surface area contributed by atoms with Crippen molar-refractivity contribution in [1.82, 2.24) is 0 Å². The van der Waals surface area contributed by atoms with Crippen molar-refractivity contribution in [2.24, 2.45) is 0 Å². The number of amidine groups is 1. The molecule has 4 rings (SSSR count). The van der Waals surface area contributed by atoms with E-state index in [1.165, 1.54) is 0 Å². The number of furan rings is 1. The van der Waals surface area contributed by atoms with Crippen LogP contribution in [0.15, 0.2) is 65.3 Å². The summed E-state index contributed by atoms with van der Waals surface area (Å²) >= 11 is 0. The highest BCUT2D eigenvalue weighted by Gasteiger charge is 2.33. The second-order valence-electron chi connectivity index (χ2n) is 5.90. The first kappa shape index (κ1) is 16.1. The molecule has 0 radical (unpaired) electrons. The zero-order chi connectivity index (χ0) is 18.1. The molecule has 1 unspecified atom stereocenters. The van der Waals surface area contributed by atoms with Gasteiger partial charge < -0.3 is 24.1 Å². The smallest absolute Gasteiger partial charge is 0.205 e. The number of fused-ring (bicyclic) bond motifs is 1. The molecular formula is C20H19N3O3. The Morgan fingerprint density at radius 1 is 1.00 bits per heavy atom. The van der Waals surface area contributed by atoms with E-state index in [9.17, 15) is 0 Å². The van der Waals surface area contributed by atoms with Gasteiger partial charge in [0.05, 0.1) is 26.0 Å². The number of ether oxygens (including phenoxy) is 2. The van der Waals surface area contributed by atoms with Crippen LogP contribution in [0.4, 0.5) is 11.6 Å². The number of rotatable bonds is 4. The molecule has 1 aliphatic heterocycles. The molecule has 1 aliphatic rings. The zero-order valence-electron chi connectivity index (χ0n) is 14.5. The van der Waals surface area contributed by atoms with E-state index >= 15 is 0 Å². The average molecular weight is 349 g/mol. The lowest BCUT2D eigenvalue weighted by Gasteiger charge is -2.38. The van der Waals surface area contributed by atoms with Crippen LogP contribution in [0, 0.1) is 5.41 Å². The molecule has 0 amide bonds. The molecule has 0 fully saturated rings. The Morgan fingerprint density at radius 2 is 1.77 bits per heavy atom. The maximum Gasteiger partial charge on any atom is 0.205 e. The van der Waals surface area contributed by atoms with E-state index in [1.54, 1.807) is 26.5 Å². The second-order valence-corrected chi connectivity index (χ2v) is 5.90. The fraction of sp³-hybridized carbons (Fsp3) is 0.150. The Hall–Kier alpha value is -3.41. The minimum atomic E-state index is -0.292. The van der Waals surface area contributed by atoms with Crippen LogP contribution in [0.25, 0.3) is 0 Å². The number of hydrogen-bond donors (Lipinski definition) is 2. The molecule has 6 heteroatoms. The van der Waals surface area contributed by atoms with Crippen LogP contribution in [0.1, 0.15) is 17.3 Å². The van der Waals surface area contributed by atoms with Crippen LogP contribution in [0.2, 0.25) is 0 Å². The molecule has 1 atom stereocenters. The Labute approximate surface area is 151 Å². The molecule has 0 spiro atoms. The summed E-state index contributed by atoms with van der Waals surface area (Å²) in [5.74, 6) is 2.48. The molecule has 2 N–H and O–H groups in total. The van der Waals surface area contributed by atoms with Gasteiger partial charge in [-0.3, -0.25) is 5.41 Å². The van der Waals surface area contributed by atoms with E-state index in [2.05, 4.69) is 5.32 Å². The molecule has 2 aromatic carbocycles. The molecular weight excluding hydrogens is 330 g/mol. The van der Waals surface area contributed by atoms with Gasteiger partial charge in [-0.25, -0.2) is 0 Å². The van der Waals surface area contributed by atoms with E-state index in [0.717, 1.165) is 28.3 Å². The molecule has 0 saturated carbocycles. The molecule has 3 aromatic rings. The third kappa shape index (κ3) is 2.65. The number of anilines is 2. The summed E-state index contributed by atoms with van der Waals surface area (Å²) in [6.45, 7) is 0. The van der Waals surface area contributed by atoms with Crippen LogP contribution in [-0.4, -0.2) is 20.1 Å². The largest absolute Gasteiger partial charge is 0.497 e. The van der Waals surface area contributed by atoms with Crippen molar-refractivity contribution in [3.8, 4) is 11.5 Å². The maximum atomic E-state index is 8.73. The van der Waals surface area contributed by atoms with Crippen molar-refractivity contribution in [3.63, 3.8) is 0 Å². The lowest BCUT2D eigenvalue weighted by molar-refractivity contribution is 0.414. The van der Waals surface area contributed by atoms with E-state index in [0.29, 0.717) is 11.7 Å². The highest BCUT2D eigenvalue weighted by molar-refractivity contribution is 6.13. The van der Waals surface area contributed by atoms with Crippen LogP contribution in [-0.2, 0) is 0 Å². The lowest BCUT2D eigenvalue weighted by atomic mass is 10.1.